The van der Waals surface area contributed by atoms with Gasteiger partial charge < -0.3 is 5.32 Å². The number of rotatable bonds is 4. The highest BCUT2D eigenvalue weighted by Gasteiger charge is 2.21. The minimum atomic E-state index is -0.115. The standard InChI is InChI=1S/C23H24ClN3O2/c1-15-25-21-12-11-19(26-22(28)17-5-3-2-4-6-17)13-20(21)23(29)27(15)14-16-7-9-18(24)10-8-16/h7-13,17H,2-6,14H2,1H3,(H,26,28). The van der Waals surface area contributed by atoms with Crippen LogP contribution in [0.1, 0.15) is 43.5 Å². The number of aryl methyl sites for hydroxylation is 1. The zero-order valence-electron chi connectivity index (χ0n) is 16.5. The summed E-state index contributed by atoms with van der Waals surface area (Å²) in [5, 5.41) is 4.16. The highest BCUT2D eigenvalue weighted by Crippen LogP contribution is 2.25. The molecule has 2 aromatic carbocycles. The number of nitrogens with zero attached hydrogens (tertiary/aromatic N) is 2. The second-order valence-electron chi connectivity index (χ2n) is 7.73. The number of carbonyl (C=O) groups excluding carboxylic acids is 1. The average Bonchev–Trinajstić information content (AvgIpc) is 2.73. The molecule has 0 radical (unpaired) electrons. The van der Waals surface area contributed by atoms with Crippen molar-refractivity contribution in [3.8, 4) is 0 Å². The zero-order valence-corrected chi connectivity index (χ0v) is 17.2. The van der Waals surface area contributed by atoms with Gasteiger partial charge in [0, 0.05) is 16.6 Å². The molecule has 4 rings (SSSR count). The summed E-state index contributed by atoms with van der Waals surface area (Å²) in [5.74, 6) is 0.763. The summed E-state index contributed by atoms with van der Waals surface area (Å²) in [6.45, 7) is 2.25. The van der Waals surface area contributed by atoms with Gasteiger partial charge >= 0.3 is 0 Å². The Hall–Kier alpha value is -2.66. The molecule has 5 nitrogen and oxygen atoms in total. The molecule has 0 aliphatic heterocycles. The molecule has 0 bridgehead atoms. The lowest BCUT2D eigenvalue weighted by Crippen LogP contribution is -2.26. The first kappa shape index (κ1) is 19.6. The molecular formula is C23H24ClN3O2. The Balaban J connectivity index is 1.63. The largest absolute Gasteiger partial charge is 0.326 e. The lowest BCUT2D eigenvalue weighted by molar-refractivity contribution is -0.120. The first-order chi connectivity index (χ1) is 14.0. The molecule has 6 heteroatoms. The van der Waals surface area contributed by atoms with Crippen LogP contribution in [0, 0.1) is 12.8 Å². The number of nitrogens with one attached hydrogen (secondary N) is 1. The van der Waals surface area contributed by atoms with Gasteiger partial charge in [-0.15, -0.1) is 0 Å². The molecule has 1 aromatic heterocycles. The first-order valence-electron chi connectivity index (χ1n) is 10.1. The van der Waals surface area contributed by atoms with Crippen LogP contribution in [-0.2, 0) is 11.3 Å². The minimum Gasteiger partial charge on any atom is -0.326 e. The number of benzene rings is 2. The van der Waals surface area contributed by atoms with Crippen LogP contribution in [0.2, 0.25) is 5.02 Å². The van der Waals surface area contributed by atoms with E-state index in [9.17, 15) is 9.59 Å². The van der Waals surface area contributed by atoms with Crippen molar-refractivity contribution in [3.05, 3.63) is 69.2 Å². The fourth-order valence-corrected chi connectivity index (χ4v) is 4.10. The fourth-order valence-electron chi connectivity index (χ4n) is 3.98. The van der Waals surface area contributed by atoms with E-state index in [-0.39, 0.29) is 17.4 Å². The van der Waals surface area contributed by atoms with Crippen molar-refractivity contribution in [3.63, 3.8) is 0 Å². The maximum Gasteiger partial charge on any atom is 0.261 e. The van der Waals surface area contributed by atoms with Crippen molar-refractivity contribution in [1.29, 1.82) is 0 Å². The van der Waals surface area contributed by atoms with Crippen LogP contribution in [0.5, 0.6) is 0 Å². The summed E-state index contributed by atoms with van der Waals surface area (Å²) in [5.41, 5.74) is 2.14. The van der Waals surface area contributed by atoms with E-state index in [2.05, 4.69) is 10.3 Å². The number of anilines is 1. The van der Waals surface area contributed by atoms with Gasteiger partial charge in [-0.2, -0.15) is 0 Å². The van der Waals surface area contributed by atoms with Crippen LogP contribution >= 0.6 is 11.6 Å². The molecule has 1 heterocycles. The van der Waals surface area contributed by atoms with Gasteiger partial charge in [0.05, 0.1) is 17.4 Å². The highest BCUT2D eigenvalue weighted by molar-refractivity contribution is 6.30. The van der Waals surface area contributed by atoms with Crippen molar-refractivity contribution in [2.75, 3.05) is 5.32 Å². The molecule has 0 unspecified atom stereocenters. The third-order valence-corrected chi connectivity index (χ3v) is 5.89. The Morgan fingerprint density at radius 1 is 1.14 bits per heavy atom. The molecule has 150 valence electrons. The van der Waals surface area contributed by atoms with Gasteiger partial charge in [0.1, 0.15) is 5.82 Å². The minimum absolute atomic E-state index is 0.0469. The second kappa shape index (κ2) is 8.37. The fraction of sp³-hybridized carbons (Fsp3) is 0.348. The average molecular weight is 410 g/mol. The highest BCUT2D eigenvalue weighted by atomic mass is 35.5. The van der Waals surface area contributed by atoms with Gasteiger partial charge in [-0.05, 0) is 55.7 Å². The summed E-state index contributed by atoms with van der Waals surface area (Å²) >= 11 is 5.95. The zero-order chi connectivity index (χ0) is 20.4. The third kappa shape index (κ3) is 4.35. The van der Waals surface area contributed by atoms with Crippen molar-refractivity contribution in [2.24, 2.45) is 5.92 Å². The molecule has 3 aromatic rings. The van der Waals surface area contributed by atoms with Crippen molar-refractivity contribution in [1.82, 2.24) is 9.55 Å². The van der Waals surface area contributed by atoms with Crippen molar-refractivity contribution >= 4 is 34.1 Å². The van der Waals surface area contributed by atoms with Gasteiger partial charge in [0.2, 0.25) is 5.91 Å². The smallest absolute Gasteiger partial charge is 0.261 e. The predicted octanol–water partition coefficient (Wildman–Crippen LogP) is 4.93. The Bertz CT molecular complexity index is 1100. The van der Waals surface area contributed by atoms with Crippen LogP contribution in [0.4, 0.5) is 5.69 Å². The first-order valence-corrected chi connectivity index (χ1v) is 10.5. The van der Waals surface area contributed by atoms with E-state index in [4.69, 9.17) is 11.6 Å². The third-order valence-electron chi connectivity index (χ3n) is 5.64. The maximum atomic E-state index is 13.1. The van der Waals surface area contributed by atoms with Gasteiger partial charge in [-0.25, -0.2) is 4.98 Å². The van der Waals surface area contributed by atoms with E-state index >= 15 is 0 Å². The normalized spacial score (nSPS) is 14.8. The van der Waals surface area contributed by atoms with Crippen LogP contribution in [-0.4, -0.2) is 15.5 Å². The number of aromatic nitrogens is 2. The molecule has 1 N–H and O–H groups in total. The summed E-state index contributed by atoms with van der Waals surface area (Å²) in [6, 6.07) is 12.8. The van der Waals surface area contributed by atoms with Gasteiger partial charge in [0.25, 0.3) is 5.56 Å². The molecule has 1 aliphatic rings. The Labute approximate surface area is 174 Å². The van der Waals surface area contributed by atoms with E-state index in [0.29, 0.717) is 34.0 Å². The number of hydrogen-bond acceptors (Lipinski definition) is 3. The maximum absolute atomic E-state index is 13.1. The van der Waals surface area contributed by atoms with Gasteiger partial charge in [0.15, 0.2) is 0 Å². The predicted molar refractivity (Wildman–Crippen MR) is 116 cm³/mol. The Kier molecular flexibility index (Phi) is 5.67. The summed E-state index contributed by atoms with van der Waals surface area (Å²) in [4.78, 5) is 30.3. The van der Waals surface area contributed by atoms with Crippen LogP contribution in [0.25, 0.3) is 10.9 Å². The molecule has 0 atom stereocenters. The van der Waals surface area contributed by atoms with Crippen LogP contribution in [0.15, 0.2) is 47.3 Å². The lowest BCUT2D eigenvalue weighted by Gasteiger charge is -2.20. The van der Waals surface area contributed by atoms with Crippen LogP contribution in [0.3, 0.4) is 0 Å². The molecule has 1 saturated carbocycles. The summed E-state index contributed by atoms with van der Waals surface area (Å²) < 4.78 is 1.65. The van der Waals surface area contributed by atoms with E-state index in [1.165, 1.54) is 6.42 Å². The number of fused-ring (bicyclic) bond motifs is 1. The molecular weight excluding hydrogens is 386 g/mol. The quantitative estimate of drug-likeness (QED) is 0.664. The molecule has 1 aliphatic carbocycles. The SMILES string of the molecule is Cc1nc2ccc(NC(=O)C3CCCCC3)cc2c(=O)n1Cc1ccc(Cl)cc1. The number of amides is 1. The number of halogens is 1. The monoisotopic (exact) mass is 409 g/mol. The topological polar surface area (TPSA) is 64.0 Å². The van der Waals surface area contributed by atoms with Gasteiger partial charge in [-0.3, -0.25) is 14.2 Å². The lowest BCUT2D eigenvalue weighted by atomic mass is 9.88. The Morgan fingerprint density at radius 2 is 1.86 bits per heavy atom. The molecule has 0 saturated heterocycles. The number of carbonyl (C=O) groups is 1. The summed E-state index contributed by atoms with van der Waals surface area (Å²) in [6.07, 6.45) is 5.29. The molecule has 1 fully saturated rings. The van der Waals surface area contributed by atoms with Crippen molar-refractivity contribution in [2.45, 2.75) is 45.6 Å². The number of hydrogen-bond donors (Lipinski definition) is 1. The van der Waals surface area contributed by atoms with Crippen LogP contribution < -0.4 is 10.9 Å². The summed E-state index contributed by atoms with van der Waals surface area (Å²) in [7, 11) is 0. The molecule has 0 spiro atoms. The second-order valence-corrected chi connectivity index (χ2v) is 8.17. The molecule has 1 amide bonds. The Morgan fingerprint density at radius 3 is 2.59 bits per heavy atom. The van der Waals surface area contributed by atoms with Gasteiger partial charge in [-0.1, -0.05) is 43.0 Å². The van der Waals surface area contributed by atoms with Crippen molar-refractivity contribution < 1.29 is 4.79 Å². The molecule has 29 heavy (non-hydrogen) atoms. The van der Waals surface area contributed by atoms with E-state index in [1.807, 2.05) is 37.3 Å². The van der Waals surface area contributed by atoms with E-state index in [1.54, 1.807) is 16.7 Å². The van der Waals surface area contributed by atoms with E-state index < -0.39 is 0 Å². The van der Waals surface area contributed by atoms with E-state index in [0.717, 1.165) is 31.2 Å².